The number of hydrogen-bond acceptors (Lipinski definition) is 7. The third-order valence-corrected chi connectivity index (χ3v) is 8.82. The zero-order chi connectivity index (χ0) is 28.4. The molecule has 0 radical (unpaired) electrons. The van der Waals surface area contributed by atoms with Crippen LogP contribution in [0, 0.1) is 10.1 Å². The van der Waals surface area contributed by atoms with Gasteiger partial charge in [-0.2, -0.15) is 9.30 Å². The summed E-state index contributed by atoms with van der Waals surface area (Å²) >= 11 is 0. The van der Waals surface area contributed by atoms with Crippen LogP contribution in [0.2, 0.25) is 0 Å². The number of carbonyl (C=O) groups is 2. The molecule has 1 amide bonds. The smallest absolute Gasteiger partial charge is 0.338 e. The van der Waals surface area contributed by atoms with Gasteiger partial charge in [-0.05, 0) is 42.7 Å². The van der Waals surface area contributed by atoms with Crippen molar-refractivity contribution in [3.8, 4) is 0 Å². The third-order valence-electron chi connectivity index (χ3n) is 6.93. The van der Waals surface area contributed by atoms with Gasteiger partial charge in [-0.3, -0.25) is 14.9 Å². The molecule has 40 heavy (non-hydrogen) atoms. The van der Waals surface area contributed by atoms with Crippen LogP contribution in [0.4, 0.5) is 11.4 Å². The first-order chi connectivity index (χ1) is 19.2. The summed E-state index contributed by atoms with van der Waals surface area (Å²) < 4.78 is 32.9. The lowest BCUT2D eigenvalue weighted by atomic mass is 10.1. The van der Waals surface area contributed by atoms with Gasteiger partial charge in [0.25, 0.3) is 11.6 Å². The Kier molecular flexibility index (Phi) is 7.46. The maximum atomic E-state index is 13.4. The van der Waals surface area contributed by atoms with Crippen molar-refractivity contribution in [1.29, 1.82) is 0 Å². The van der Waals surface area contributed by atoms with Crippen LogP contribution in [0.1, 0.15) is 51.1 Å². The van der Waals surface area contributed by atoms with Crippen LogP contribution < -0.4 is 4.90 Å². The first-order valence-corrected chi connectivity index (χ1v) is 14.1. The number of hydrogen-bond donors (Lipinski definition) is 0. The van der Waals surface area contributed by atoms with Crippen molar-refractivity contribution in [3.05, 3.63) is 99.1 Å². The zero-order valence-electron chi connectivity index (χ0n) is 21.6. The van der Waals surface area contributed by atoms with E-state index in [-0.39, 0.29) is 21.9 Å². The second-order valence-corrected chi connectivity index (χ2v) is 11.4. The lowest BCUT2D eigenvalue weighted by molar-refractivity contribution is -0.384. The predicted octanol–water partition coefficient (Wildman–Crippen LogP) is 4.16. The zero-order valence-corrected chi connectivity index (χ0v) is 22.5. The Morgan fingerprint density at radius 2 is 1.68 bits per heavy atom. The summed E-state index contributed by atoms with van der Waals surface area (Å²) in [6.07, 6.45) is 2.63. The fraction of sp³-hybridized carbons (Fsp3) is 0.250. The number of carbonyl (C=O) groups excluding carboxylic acids is 2. The average Bonchev–Trinajstić information content (AvgIpc) is 3.35. The van der Waals surface area contributed by atoms with Crippen LogP contribution in [-0.2, 0) is 21.3 Å². The molecule has 1 fully saturated rings. The molecule has 0 atom stereocenters. The monoisotopic (exact) mass is 562 g/mol. The second kappa shape index (κ2) is 11.0. The predicted molar refractivity (Wildman–Crippen MR) is 147 cm³/mol. The standard InChI is InChI=1S/C28H26N4O7S/c1-39-28(34)21-14-20(15-23(16-21)32(35)36)27(33)29-26-25-11-4-3-8-19(25)18-31(26)22-9-7-10-24(17-22)40(37,38)30-12-5-2-6-13-30/h3-4,7-11,14-17H,2,5-6,12-13,18H2,1H3. The van der Waals surface area contributed by atoms with Gasteiger partial charge < -0.3 is 9.64 Å². The van der Waals surface area contributed by atoms with E-state index in [9.17, 15) is 28.1 Å². The van der Waals surface area contributed by atoms with Gasteiger partial charge in [0, 0.05) is 42.0 Å². The molecule has 0 saturated carbocycles. The number of nitro groups is 1. The lowest BCUT2D eigenvalue weighted by Crippen LogP contribution is -2.35. The highest BCUT2D eigenvalue weighted by Gasteiger charge is 2.31. The number of non-ortho nitro benzene ring substituents is 1. The van der Waals surface area contributed by atoms with Crippen molar-refractivity contribution in [2.45, 2.75) is 30.7 Å². The molecule has 206 valence electrons. The quantitative estimate of drug-likeness (QED) is 0.248. The molecule has 12 heteroatoms. The van der Waals surface area contributed by atoms with Gasteiger partial charge in [0.05, 0.1) is 29.0 Å². The molecule has 5 rings (SSSR count). The van der Waals surface area contributed by atoms with E-state index in [0.29, 0.717) is 30.9 Å². The molecule has 0 aromatic heterocycles. The molecule has 0 aliphatic carbocycles. The molecule has 2 heterocycles. The van der Waals surface area contributed by atoms with Crippen LogP contribution in [0.5, 0.6) is 0 Å². The molecule has 0 bridgehead atoms. The van der Waals surface area contributed by atoms with E-state index in [0.717, 1.165) is 44.1 Å². The number of fused-ring (bicyclic) bond motifs is 1. The number of ether oxygens (including phenoxy) is 1. The van der Waals surface area contributed by atoms with Gasteiger partial charge in [0.1, 0.15) is 5.84 Å². The summed E-state index contributed by atoms with van der Waals surface area (Å²) in [5, 5.41) is 11.5. The number of amides is 1. The number of nitrogens with zero attached hydrogens (tertiary/aromatic N) is 4. The highest BCUT2D eigenvalue weighted by atomic mass is 32.2. The number of esters is 1. The fourth-order valence-corrected chi connectivity index (χ4v) is 6.46. The summed E-state index contributed by atoms with van der Waals surface area (Å²) in [6.45, 7) is 1.28. The Balaban J connectivity index is 1.56. The van der Waals surface area contributed by atoms with E-state index >= 15 is 0 Å². The Bertz CT molecular complexity index is 1650. The van der Waals surface area contributed by atoms with E-state index in [1.54, 1.807) is 41.3 Å². The van der Waals surface area contributed by atoms with Crippen LogP contribution in [-0.4, -0.2) is 55.6 Å². The molecule has 1 saturated heterocycles. The number of nitro benzene ring substituents is 1. The summed E-state index contributed by atoms with van der Waals surface area (Å²) in [7, 11) is -2.57. The Labute approximate surface area is 230 Å². The van der Waals surface area contributed by atoms with Gasteiger partial charge in [-0.25, -0.2) is 13.2 Å². The molecular weight excluding hydrogens is 536 g/mol. The Morgan fingerprint density at radius 1 is 0.950 bits per heavy atom. The van der Waals surface area contributed by atoms with Crippen LogP contribution in [0.15, 0.2) is 76.6 Å². The summed E-state index contributed by atoms with van der Waals surface area (Å²) in [5.41, 5.74) is 1.29. The van der Waals surface area contributed by atoms with Crippen LogP contribution >= 0.6 is 0 Å². The van der Waals surface area contributed by atoms with Gasteiger partial charge in [0.15, 0.2) is 0 Å². The van der Waals surface area contributed by atoms with Crippen molar-refractivity contribution >= 4 is 39.1 Å². The minimum atomic E-state index is -3.70. The second-order valence-electron chi connectivity index (χ2n) is 9.46. The number of piperidine rings is 1. The van der Waals surface area contributed by atoms with Crippen molar-refractivity contribution < 1.29 is 27.7 Å². The number of rotatable bonds is 6. The van der Waals surface area contributed by atoms with Crippen molar-refractivity contribution in [2.75, 3.05) is 25.1 Å². The van der Waals surface area contributed by atoms with Crippen molar-refractivity contribution in [2.24, 2.45) is 4.99 Å². The van der Waals surface area contributed by atoms with Crippen molar-refractivity contribution in [1.82, 2.24) is 4.31 Å². The largest absolute Gasteiger partial charge is 0.465 e. The molecule has 0 N–H and O–H groups in total. The van der Waals surface area contributed by atoms with Gasteiger partial charge in [-0.1, -0.05) is 36.8 Å². The normalized spacial score (nSPS) is 16.5. The maximum Gasteiger partial charge on any atom is 0.338 e. The lowest BCUT2D eigenvalue weighted by Gasteiger charge is -2.26. The maximum absolute atomic E-state index is 13.4. The van der Waals surface area contributed by atoms with E-state index < -0.39 is 32.5 Å². The average molecular weight is 563 g/mol. The molecule has 0 unspecified atom stereocenters. The van der Waals surface area contributed by atoms with Crippen molar-refractivity contribution in [3.63, 3.8) is 0 Å². The third kappa shape index (κ3) is 5.23. The fourth-order valence-electron chi connectivity index (χ4n) is 4.90. The molecule has 0 spiro atoms. The molecule has 3 aromatic carbocycles. The summed E-state index contributed by atoms with van der Waals surface area (Å²) in [6, 6.07) is 17.1. The van der Waals surface area contributed by atoms with Gasteiger partial charge >= 0.3 is 5.97 Å². The highest BCUT2D eigenvalue weighted by molar-refractivity contribution is 7.89. The molecule has 2 aliphatic heterocycles. The molecular formula is C28H26N4O7S. The Hall–Kier alpha value is -4.42. The molecule has 2 aliphatic rings. The number of anilines is 1. The first-order valence-electron chi connectivity index (χ1n) is 12.7. The SMILES string of the molecule is COC(=O)c1cc(C(=O)N=C2c3ccccc3CN2c2cccc(S(=O)(=O)N3CCCCC3)c2)cc([N+](=O)[O-])c1. The first kappa shape index (κ1) is 27.2. The molecule has 11 nitrogen and oxygen atoms in total. The highest BCUT2D eigenvalue weighted by Crippen LogP contribution is 2.32. The van der Waals surface area contributed by atoms with Gasteiger partial charge in [-0.15, -0.1) is 0 Å². The minimum absolute atomic E-state index is 0.148. The van der Waals surface area contributed by atoms with E-state index in [1.807, 2.05) is 12.1 Å². The molecule has 3 aromatic rings. The Morgan fingerprint density at radius 3 is 2.40 bits per heavy atom. The topological polar surface area (TPSA) is 139 Å². The summed E-state index contributed by atoms with van der Waals surface area (Å²) in [5.74, 6) is -1.37. The van der Waals surface area contributed by atoms with Crippen LogP contribution in [0.25, 0.3) is 0 Å². The van der Waals surface area contributed by atoms with Gasteiger partial charge in [0.2, 0.25) is 10.0 Å². The number of methoxy groups -OCH3 is 1. The number of amidine groups is 1. The number of aliphatic imine (C=N–C) groups is 1. The van der Waals surface area contributed by atoms with E-state index in [1.165, 1.54) is 10.4 Å². The minimum Gasteiger partial charge on any atom is -0.465 e. The number of sulfonamides is 1. The van der Waals surface area contributed by atoms with Crippen LogP contribution in [0.3, 0.4) is 0 Å². The number of benzene rings is 3. The summed E-state index contributed by atoms with van der Waals surface area (Å²) in [4.78, 5) is 42.4. The van der Waals surface area contributed by atoms with E-state index in [2.05, 4.69) is 9.73 Å². The van der Waals surface area contributed by atoms with E-state index in [4.69, 9.17) is 0 Å².